The highest BCUT2D eigenvalue weighted by Gasteiger charge is 2.28. The number of phenolic OH excluding ortho intramolecular Hbond substituents is 1. The predicted molar refractivity (Wildman–Crippen MR) is 126 cm³/mol. The zero-order valence-electron chi connectivity index (χ0n) is 18.7. The fraction of sp³-hybridized carbons (Fsp3) is 0.308. The maximum atomic E-state index is 10.7. The minimum atomic E-state index is -0.262. The molecule has 0 amide bonds. The van der Waals surface area contributed by atoms with Gasteiger partial charge in [0, 0.05) is 17.5 Å². The molecule has 0 aliphatic carbocycles. The number of aromatic nitrogens is 3. The normalized spacial score (nSPS) is 12.0. The summed E-state index contributed by atoms with van der Waals surface area (Å²) < 4.78 is 0. The van der Waals surface area contributed by atoms with Gasteiger partial charge in [0.15, 0.2) is 0 Å². The topological polar surface area (TPSA) is 65.0 Å². The van der Waals surface area contributed by atoms with E-state index < -0.39 is 0 Å². The standard InChI is InChI=1S/C26H30N4O/c1-5-30(6-2)17-21-20(13-10-14-24(21)31)18-15-22(25-23(16-18)27-29-28-25)26(3,4)19-11-8-7-9-12-19/h7-16,31H,5-6,17H2,1-4H3,(H,27,28,29). The van der Waals surface area contributed by atoms with Gasteiger partial charge in [-0.1, -0.05) is 75.4 Å². The average molecular weight is 415 g/mol. The minimum Gasteiger partial charge on any atom is -0.508 e. The van der Waals surface area contributed by atoms with E-state index in [4.69, 9.17) is 0 Å². The van der Waals surface area contributed by atoms with Crippen molar-refractivity contribution in [1.29, 1.82) is 0 Å². The van der Waals surface area contributed by atoms with Gasteiger partial charge in [-0.2, -0.15) is 0 Å². The summed E-state index contributed by atoms with van der Waals surface area (Å²) in [4.78, 5) is 2.31. The second-order valence-electron chi connectivity index (χ2n) is 8.49. The van der Waals surface area contributed by atoms with Crippen molar-refractivity contribution in [3.8, 4) is 16.9 Å². The minimum absolute atomic E-state index is 0.262. The summed E-state index contributed by atoms with van der Waals surface area (Å²) in [6.07, 6.45) is 0. The maximum absolute atomic E-state index is 10.7. The number of phenols is 1. The number of rotatable bonds is 7. The van der Waals surface area contributed by atoms with Crippen molar-refractivity contribution in [1.82, 2.24) is 20.3 Å². The molecule has 0 spiro atoms. The summed E-state index contributed by atoms with van der Waals surface area (Å²) in [5.41, 5.74) is 6.87. The van der Waals surface area contributed by atoms with Gasteiger partial charge in [0.2, 0.25) is 0 Å². The Kier molecular flexibility index (Phi) is 5.79. The summed E-state index contributed by atoms with van der Waals surface area (Å²) in [6, 6.07) is 20.5. The smallest absolute Gasteiger partial charge is 0.120 e. The Morgan fingerprint density at radius 1 is 0.968 bits per heavy atom. The van der Waals surface area contributed by atoms with E-state index in [1.165, 1.54) is 5.56 Å². The van der Waals surface area contributed by atoms with E-state index in [0.717, 1.165) is 46.4 Å². The second-order valence-corrected chi connectivity index (χ2v) is 8.49. The third kappa shape index (κ3) is 3.93. The van der Waals surface area contributed by atoms with Crippen LogP contribution in [0.15, 0.2) is 60.7 Å². The average Bonchev–Trinajstić information content (AvgIpc) is 3.26. The summed E-state index contributed by atoms with van der Waals surface area (Å²) in [6.45, 7) is 11.3. The van der Waals surface area contributed by atoms with Gasteiger partial charge >= 0.3 is 0 Å². The Hall–Kier alpha value is -3.18. The van der Waals surface area contributed by atoms with Crippen LogP contribution in [0, 0.1) is 0 Å². The summed E-state index contributed by atoms with van der Waals surface area (Å²) in [7, 11) is 0. The van der Waals surface area contributed by atoms with E-state index in [0.29, 0.717) is 12.3 Å². The molecule has 2 N–H and O–H groups in total. The fourth-order valence-electron chi connectivity index (χ4n) is 4.28. The highest BCUT2D eigenvalue weighted by molar-refractivity contribution is 5.87. The molecule has 4 rings (SSSR count). The molecule has 0 saturated heterocycles. The quantitative estimate of drug-likeness (QED) is 0.419. The molecule has 0 aliphatic rings. The number of benzene rings is 3. The van der Waals surface area contributed by atoms with E-state index in [2.05, 4.69) is 90.5 Å². The van der Waals surface area contributed by atoms with E-state index >= 15 is 0 Å². The van der Waals surface area contributed by atoms with Crippen molar-refractivity contribution in [3.63, 3.8) is 0 Å². The van der Waals surface area contributed by atoms with Crippen LogP contribution in [0.2, 0.25) is 0 Å². The molecule has 0 bridgehead atoms. The first-order chi connectivity index (χ1) is 15.0. The van der Waals surface area contributed by atoms with Crippen LogP contribution in [-0.4, -0.2) is 38.5 Å². The number of aromatic amines is 1. The monoisotopic (exact) mass is 414 g/mol. The van der Waals surface area contributed by atoms with Crippen LogP contribution in [-0.2, 0) is 12.0 Å². The van der Waals surface area contributed by atoms with Gasteiger partial charge in [0.25, 0.3) is 0 Å². The predicted octanol–water partition coefficient (Wildman–Crippen LogP) is 5.50. The number of fused-ring (bicyclic) bond motifs is 1. The number of nitrogens with zero attached hydrogens (tertiary/aromatic N) is 3. The van der Waals surface area contributed by atoms with E-state index in [1.807, 2.05) is 12.1 Å². The molecule has 1 heterocycles. The molecule has 4 aromatic rings. The second kappa shape index (κ2) is 8.52. The number of nitrogens with one attached hydrogen (secondary N) is 1. The molecular weight excluding hydrogens is 384 g/mol. The van der Waals surface area contributed by atoms with Crippen molar-refractivity contribution in [2.24, 2.45) is 0 Å². The van der Waals surface area contributed by atoms with Crippen molar-refractivity contribution < 1.29 is 5.11 Å². The summed E-state index contributed by atoms with van der Waals surface area (Å²) in [5.74, 6) is 0.330. The zero-order chi connectivity index (χ0) is 22.0. The van der Waals surface area contributed by atoms with Gasteiger partial charge < -0.3 is 5.11 Å². The van der Waals surface area contributed by atoms with Crippen LogP contribution < -0.4 is 0 Å². The fourth-order valence-corrected chi connectivity index (χ4v) is 4.28. The van der Waals surface area contributed by atoms with E-state index in [-0.39, 0.29) is 5.41 Å². The maximum Gasteiger partial charge on any atom is 0.120 e. The molecule has 0 aliphatic heterocycles. The molecule has 0 unspecified atom stereocenters. The number of hydrogen-bond acceptors (Lipinski definition) is 4. The third-order valence-electron chi connectivity index (χ3n) is 6.34. The number of H-pyrrole nitrogens is 1. The van der Waals surface area contributed by atoms with Crippen LogP contribution in [0.5, 0.6) is 5.75 Å². The SMILES string of the molecule is CCN(CC)Cc1c(O)cccc1-c1cc(C(C)(C)c2ccccc2)c2nn[nH]c2c1. The van der Waals surface area contributed by atoms with Crippen LogP contribution >= 0.6 is 0 Å². The van der Waals surface area contributed by atoms with Crippen molar-refractivity contribution in [3.05, 3.63) is 77.4 Å². The molecule has 1 aromatic heterocycles. The van der Waals surface area contributed by atoms with Crippen LogP contribution in [0.1, 0.15) is 44.4 Å². The highest BCUT2D eigenvalue weighted by Crippen LogP contribution is 2.39. The van der Waals surface area contributed by atoms with Crippen molar-refractivity contribution in [2.45, 2.75) is 39.7 Å². The Morgan fingerprint density at radius 3 is 2.42 bits per heavy atom. The lowest BCUT2D eigenvalue weighted by Gasteiger charge is -2.27. The van der Waals surface area contributed by atoms with Crippen LogP contribution in [0.25, 0.3) is 22.2 Å². The largest absolute Gasteiger partial charge is 0.508 e. The van der Waals surface area contributed by atoms with Crippen molar-refractivity contribution >= 4 is 11.0 Å². The Morgan fingerprint density at radius 2 is 1.71 bits per heavy atom. The van der Waals surface area contributed by atoms with E-state index in [9.17, 15) is 5.11 Å². The first-order valence-corrected chi connectivity index (χ1v) is 10.9. The van der Waals surface area contributed by atoms with Gasteiger partial charge in [-0.3, -0.25) is 10.00 Å². The molecule has 0 radical (unpaired) electrons. The first kappa shape index (κ1) is 21.1. The Labute approximate surface area is 183 Å². The molecule has 0 saturated carbocycles. The summed E-state index contributed by atoms with van der Waals surface area (Å²) >= 11 is 0. The lowest BCUT2D eigenvalue weighted by Crippen LogP contribution is -2.22. The van der Waals surface area contributed by atoms with Gasteiger partial charge in [-0.15, -0.1) is 5.10 Å². The molecule has 5 heteroatoms. The molecule has 31 heavy (non-hydrogen) atoms. The molecular formula is C26H30N4O. The molecule has 0 atom stereocenters. The van der Waals surface area contributed by atoms with Gasteiger partial charge in [-0.05, 0) is 53.5 Å². The number of aromatic hydroxyl groups is 1. The Balaban J connectivity index is 1.91. The molecule has 3 aromatic carbocycles. The molecule has 160 valence electrons. The summed E-state index contributed by atoms with van der Waals surface area (Å²) in [5, 5.41) is 22.3. The van der Waals surface area contributed by atoms with Crippen LogP contribution in [0.3, 0.4) is 0 Å². The van der Waals surface area contributed by atoms with Gasteiger partial charge in [0.1, 0.15) is 11.3 Å². The Bertz CT molecular complexity index is 1180. The number of hydrogen-bond donors (Lipinski definition) is 2. The molecule has 5 nitrogen and oxygen atoms in total. The van der Waals surface area contributed by atoms with Crippen molar-refractivity contribution in [2.75, 3.05) is 13.1 Å². The van der Waals surface area contributed by atoms with Gasteiger partial charge in [-0.25, -0.2) is 0 Å². The van der Waals surface area contributed by atoms with E-state index in [1.54, 1.807) is 6.07 Å². The third-order valence-corrected chi connectivity index (χ3v) is 6.34. The first-order valence-electron chi connectivity index (χ1n) is 10.9. The molecule has 0 fully saturated rings. The highest BCUT2D eigenvalue weighted by atomic mass is 16.3. The van der Waals surface area contributed by atoms with Gasteiger partial charge in [0.05, 0.1) is 5.52 Å². The van der Waals surface area contributed by atoms with Crippen LogP contribution in [0.4, 0.5) is 0 Å². The lowest BCUT2D eigenvalue weighted by molar-refractivity contribution is 0.291. The lowest BCUT2D eigenvalue weighted by atomic mass is 9.76. The zero-order valence-corrected chi connectivity index (χ0v) is 18.7.